The second kappa shape index (κ2) is 22.2. The van der Waals surface area contributed by atoms with Gasteiger partial charge in [0.15, 0.2) is 5.60 Å². The number of esters is 1. The first-order chi connectivity index (χ1) is 32.8. The third kappa shape index (κ3) is 12.0. The highest BCUT2D eigenvalue weighted by molar-refractivity contribution is 7.90. The van der Waals surface area contributed by atoms with Gasteiger partial charge in [0.05, 0.1) is 41.1 Å². The number of halogens is 1. The van der Waals surface area contributed by atoms with Crippen molar-refractivity contribution in [1.29, 1.82) is 0 Å². The summed E-state index contributed by atoms with van der Waals surface area (Å²) in [6.45, 7) is 6.79. The highest BCUT2D eigenvalue weighted by Crippen LogP contribution is 2.41. The fourth-order valence-electron chi connectivity index (χ4n) is 8.30. The van der Waals surface area contributed by atoms with E-state index in [1.54, 1.807) is 39.8 Å². The topological polar surface area (TPSA) is 284 Å². The molecule has 19 nitrogen and oxygen atoms in total. The summed E-state index contributed by atoms with van der Waals surface area (Å²) in [5, 5.41) is 22.6. The molecule has 7 N–H and O–H groups in total. The van der Waals surface area contributed by atoms with Gasteiger partial charge in [0.25, 0.3) is 5.56 Å². The highest BCUT2D eigenvalue weighted by Gasteiger charge is 2.45. The fraction of sp³-hybridized carbons (Fsp3) is 0.479. The van der Waals surface area contributed by atoms with Crippen LogP contribution in [-0.2, 0) is 63.7 Å². The smallest absolute Gasteiger partial charge is 0.343 e. The number of aryl methyl sites for hydroxylation is 2. The van der Waals surface area contributed by atoms with Crippen LogP contribution in [0, 0.1) is 30.5 Å². The van der Waals surface area contributed by atoms with Gasteiger partial charge in [0.2, 0.25) is 38.6 Å². The summed E-state index contributed by atoms with van der Waals surface area (Å²) in [6.07, 6.45) is 6.46. The number of rotatable bonds is 20. The number of carbonyl (C=O) groups excluding carboxylic acids is 5. The van der Waals surface area contributed by atoms with E-state index in [2.05, 4.69) is 43.1 Å². The van der Waals surface area contributed by atoms with Crippen molar-refractivity contribution >= 4 is 50.3 Å². The summed E-state index contributed by atoms with van der Waals surface area (Å²) in [7, 11) is -3.54. The second-order valence-electron chi connectivity index (χ2n) is 17.6. The summed E-state index contributed by atoms with van der Waals surface area (Å²) in [5.41, 5.74) is 7.08. The van der Waals surface area contributed by atoms with Gasteiger partial charge < -0.3 is 41.4 Å². The minimum Gasteiger partial charge on any atom is -0.458 e. The number of hydrogen-bond donors (Lipinski definition) is 6. The molecule has 6 rings (SSSR count). The van der Waals surface area contributed by atoms with E-state index in [4.69, 9.17) is 15.5 Å². The van der Waals surface area contributed by atoms with Crippen molar-refractivity contribution in [2.75, 3.05) is 25.9 Å². The quantitative estimate of drug-likeness (QED) is 0.0281. The zero-order valence-electron chi connectivity index (χ0n) is 39.3. The normalized spacial score (nSPS) is 15.8. The number of benzene rings is 1. The SMILES string of the molecule is CC[C@@]1(O)C(=O)OCc2c1cc1n(c2=O)Cc2c-1nc1cc(F)c(C)cc1c2CCCNC(=O)CNC(=O)C(CCCCN)NC(=O)C(NC(=O)CCCC#Cc1cnc(S(C)(=O)=O)nc1)C(C)C. The van der Waals surface area contributed by atoms with Gasteiger partial charge in [-0.05, 0) is 87.6 Å². The highest BCUT2D eigenvalue weighted by atomic mass is 32.2. The van der Waals surface area contributed by atoms with Crippen LogP contribution >= 0.6 is 0 Å². The predicted octanol–water partition coefficient (Wildman–Crippen LogP) is 1.86. The Morgan fingerprint density at radius 1 is 1.00 bits per heavy atom. The largest absolute Gasteiger partial charge is 0.458 e. The van der Waals surface area contributed by atoms with Crippen LogP contribution in [0.15, 0.2) is 40.5 Å². The van der Waals surface area contributed by atoms with Crippen molar-refractivity contribution in [3.05, 3.63) is 80.1 Å². The molecule has 2 aliphatic rings. The lowest BCUT2D eigenvalue weighted by Gasteiger charge is -2.31. The summed E-state index contributed by atoms with van der Waals surface area (Å²) in [5.74, 6) is 2.02. The molecule has 0 aliphatic carbocycles. The van der Waals surface area contributed by atoms with Crippen LogP contribution in [0.1, 0.15) is 106 Å². The van der Waals surface area contributed by atoms with Gasteiger partial charge in [-0.1, -0.05) is 32.6 Å². The van der Waals surface area contributed by atoms with E-state index in [1.807, 2.05) is 0 Å². The third-order valence-corrected chi connectivity index (χ3v) is 13.1. The van der Waals surface area contributed by atoms with E-state index in [9.17, 15) is 46.7 Å². The zero-order chi connectivity index (χ0) is 50.2. The van der Waals surface area contributed by atoms with Crippen molar-refractivity contribution in [2.45, 2.75) is 121 Å². The number of nitrogens with two attached hydrogens (primary N) is 1. The summed E-state index contributed by atoms with van der Waals surface area (Å²) < 4.78 is 44.8. The lowest BCUT2D eigenvalue weighted by atomic mass is 9.86. The molecule has 5 heterocycles. The summed E-state index contributed by atoms with van der Waals surface area (Å²) in [4.78, 5) is 91.8. The Kier molecular flexibility index (Phi) is 16.7. The molecule has 4 aromatic rings. The molecule has 1 aromatic carbocycles. The molecule has 2 aliphatic heterocycles. The molecule has 4 amide bonds. The Morgan fingerprint density at radius 2 is 1.74 bits per heavy atom. The maximum Gasteiger partial charge on any atom is 0.343 e. The second-order valence-corrected chi connectivity index (χ2v) is 19.5. The fourth-order valence-corrected chi connectivity index (χ4v) is 8.79. The molecule has 3 aromatic heterocycles. The van der Waals surface area contributed by atoms with Crippen molar-refractivity contribution in [2.24, 2.45) is 11.7 Å². The lowest BCUT2D eigenvalue weighted by Crippen LogP contribution is -2.56. The van der Waals surface area contributed by atoms with Gasteiger partial charge in [-0.25, -0.2) is 32.6 Å². The first kappa shape index (κ1) is 51.8. The number of aliphatic hydroxyl groups is 1. The Morgan fingerprint density at radius 3 is 2.42 bits per heavy atom. The molecule has 2 unspecified atom stereocenters. The van der Waals surface area contributed by atoms with E-state index < -0.39 is 68.5 Å². The van der Waals surface area contributed by atoms with Crippen molar-refractivity contribution in [3.8, 4) is 23.2 Å². The molecular weight excluding hydrogens is 914 g/mol. The lowest BCUT2D eigenvalue weighted by molar-refractivity contribution is -0.172. The van der Waals surface area contributed by atoms with E-state index >= 15 is 0 Å². The van der Waals surface area contributed by atoms with Crippen molar-refractivity contribution < 1.29 is 46.6 Å². The number of aromatic nitrogens is 4. The van der Waals surface area contributed by atoms with Crippen LogP contribution in [0.3, 0.4) is 0 Å². The molecule has 368 valence electrons. The Balaban J connectivity index is 1.04. The number of unbranched alkanes of at least 4 members (excludes halogenated alkanes) is 2. The third-order valence-electron chi connectivity index (χ3n) is 12.2. The van der Waals surface area contributed by atoms with E-state index in [-0.39, 0.29) is 67.7 Å². The first-order valence-electron chi connectivity index (χ1n) is 22.9. The van der Waals surface area contributed by atoms with Crippen molar-refractivity contribution in [1.82, 2.24) is 40.8 Å². The molecule has 0 spiro atoms. The van der Waals surface area contributed by atoms with Crippen molar-refractivity contribution in [3.63, 3.8) is 0 Å². The van der Waals surface area contributed by atoms with Crippen LogP contribution in [0.2, 0.25) is 0 Å². The minimum atomic E-state index is -3.54. The molecule has 0 saturated heterocycles. The average molecular weight is 972 g/mol. The van der Waals surface area contributed by atoms with Crippen LogP contribution in [0.4, 0.5) is 4.39 Å². The zero-order valence-corrected chi connectivity index (χ0v) is 40.1. The number of fused-ring (bicyclic) bond motifs is 5. The molecule has 0 saturated carbocycles. The summed E-state index contributed by atoms with van der Waals surface area (Å²) >= 11 is 0. The average Bonchev–Trinajstić information content (AvgIpc) is 3.68. The predicted molar refractivity (Wildman–Crippen MR) is 251 cm³/mol. The number of pyridine rings is 2. The van der Waals surface area contributed by atoms with Crippen LogP contribution < -0.4 is 32.6 Å². The molecular formula is C48H58FN9O10S. The van der Waals surface area contributed by atoms with Gasteiger partial charge in [0.1, 0.15) is 24.5 Å². The summed E-state index contributed by atoms with van der Waals surface area (Å²) in [6, 6.07) is 2.63. The van der Waals surface area contributed by atoms with Crippen LogP contribution in [0.5, 0.6) is 0 Å². The van der Waals surface area contributed by atoms with Gasteiger partial charge in [-0.15, -0.1) is 0 Å². The number of hydrogen-bond acceptors (Lipinski definition) is 14. The number of nitrogens with one attached hydrogen (secondary N) is 4. The standard InChI is InChI=1S/C48H58FN9O10S/c1-6-48(65)34-20-38-42-32(25-58(38)45(63)33(34)26-68-46(48)64)30(31-19-28(4)35(49)21-37(31)55-42)14-12-18-51-40(60)24-52-43(61)36(15-10-11-17-50)56-44(62)41(27(2)3)57-39(59)16-9-7-8-13-29-22-53-47(54-23-29)69(5,66)67/h19-23,27,36,41,65H,6-7,9-12,14-18,24-26,50H2,1-5H3,(H,51,60)(H,52,61)(H,56,62)(H,57,59)/t36?,41?,48-/m0/s1. The molecule has 69 heavy (non-hydrogen) atoms. The maximum atomic E-state index is 14.9. The first-order valence-corrected chi connectivity index (χ1v) is 24.8. The van der Waals surface area contributed by atoms with Crippen LogP contribution in [0.25, 0.3) is 22.3 Å². The van der Waals surface area contributed by atoms with E-state index in [1.165, 1.54) is 23.0 Å². The number of carbonyl (C=O) groups is 5. The molecule has 0 bridgehead atoms. The molecule has 0 radical (unpaired) electrons. The monoisotopic (exact) mass is 971 g/mol. The number of amides is 4. The maximum absolute atomic E-state index is 14.9. The number of ether oxygens (including phenoxy) is 1. The van der Waals surface area contributed by atoms with Gasteiger partial charge in [-0.3, -0.25) is 24.0 Å². The molecule has 3 atom stereocenters. The number of nitrogens with zero attached hydrogens (tertiary/aromatic N) is 4. The Bertz CT molecular complexity index is 2900. The van der Waals surface area contributed by atoms with Gasteiger partial charge in [0, 0.05) is 60.6 Å². The van der Waals surface area contributed by atoms with Crippen LogP contribution in [-0.4, -0.2) is 101 Å². The molecule has 0 fully saturated rings. The Labute approximate surface area is 398 Å². The van der Waals surface area contributed by atoms with Gasteiger partial charge in [-0.2, -0.15) is 0 Å². The van der Waals surface area contributed by atoms with Gasteiger partial charge >= 0.3 is 5.97 Å². The van der Waals surface area contributed by atoms with E-state index in [0.717, 1.165) is 17.4 Å². The number of sulfone groups is 1. The number of cyclic esters (lactones) is 1. The minimum absolute atomic E-state index is 0.0213. The molecule has 21 heteroatoms. The van der Waals surface area contributed by atoms with E-state index in [0.29, 0.717) is 78.5 Å². The Hall–Kier alpha value is -6.63.